The van der Waals surface area contributed by atoms with E-state index in [-0.39, 0.29) is 24.4 Å². The molecule has 0 aliphatic carbocycles. The first-order valence-electron chi connectivity index (χ1n) is 6.81. The fourth-order valence-corrected chi connectivity index (χ4v) is 2.24. The van der Waals surface area contributed by atoms with Crippen molar-refractivity contribution in [2.45, 2.75) is 18.9 Å². The number of likely N-dealkylation sites (N-methyl/N-ethyl adjacent to an activating group) is 1. The summed E-state index contributed by atoms with van der Waals surface area (Å²) in [6.07, 6.45) is 0.678. The number of benzene rings is 1. The van der Waals surface area contributed by atoms with Gasteiger partial charge in [-0.15, -0.1) is 0 Å². The fourth-order valence-electron chi connectivity index (χ4n) is 2.24. The summed E-state index contributed by atoms with van der Waals surface area (Å²) in [5.74, 6) is -4.20. The highest BCUT2D eigenvalue weighted by Gasteiger charge is 2.29. The van der Waals surface area contributed by atoms with Crippen molar-refractivity contribution in [3.05, 3.63) is 35.1 Å². The number of nitrogens with one attached hydrogen (secondary N) is 2. The Labute approximate surface area is 125 Å². The number of likely N-dealkylation sites (tertiary alicyclic amines) is 1. The van der Waals surface area contributed by atoms with Gasteiger partial charge < -0.3 is 15.5 Å². The van der Waals surface area contributed by atoms with Crippen LogP contribution in [-0.2, 0) is 11.2 Å². The third-order valence-corrected chi connectivity index (χ3v) is 3.48. The van der Waals surface area contributed by atoms with Crippen molar-refractivity contribution in [2.24, 2.45) is 0 Å². The number of hydrogen-bond donors (Lipinski definition) is 2. The molecule has 1 aromatic carbocycles. The smallest absolute Gasteiger partial charge is 0.315 e. The molecule has 0 bridgehead atoms. The molecule has 1 atom stereocenters. The number of nitrogens with zero attached hydrogens (tertiary/aromatic N) is 1. The first kappa shape index (κ1) is 16.1. The molecule has 1 unspecified atom stereocenters. The second-order valence-electron chi connectivity index (χ2n) is 5.12. The number of rotatable bonds is 4. The molecule has 1 aliphatic rings. The van der Waals surface area contributed by atoms with Gasteiger partial charge in [0.15, 0.2) is 17.5 Å². The van der Waals surface area contributed by atoms with Gasteiger partial charge >= 0.3 is 6.03 Å². The minimum atomic E-state index is -1.52. The summed E-state index contributed by atoms with van der Waals surface area (Å²) in [7, 11) is 1.65. The Balaban J connectivity index is 1.79. The van der Waals surface area contributed by atoms with Crippen LogP contribution < -0.4 is 10.6 Å². The van der Waals surface area contributed by atoms with Gasteiger partial charge in [-0.3, -0.25) is 4.79 Å². The Bertz CT molecular complexity index is 572. The fraction of sp³-hybridized carbons (Fsp3) is 0.429. The molecule has 120 valence electrons. The van der Waals surface area contributed by atoms with Crippen LogP contribution in [0.15, 0.2) is 12.1 Å². The van der Waals surface area contributed by atoms with Gasteiger partial charge in [-0.25, -0.2) is 18.0 Å². The van der Waals surface area contributed by atoms with E-state index in [1.807, 2.05) is 0 Å². The van der Waals surface area contributed by atoms with Crippen molar-refractivity contribution in [3.63, 3.8) is 0 Å². The lowest BCUT2D eigenvalue weighted by Crippen LogP contribution is -2.46. The van der Waals surface area contributed by atoms with Crippen molar-refractivity contribution in [1.82, 2.24) is 15.5 Å². The predicted octanol–water partition coefficient (Wildman–Crippen LogP) is 1.18. The lowest BCUT2D eigenvalue weighted by Gasteiger charge is -2.13. The summed E-state index contributed by atoms with van der Waals surface area (Å²) >= 11 is 0. The van der Waals surface area contributed by atoms with E-state index in [0.717, 1.165) is 12.1 Å². The maximum atomic E-state index is 13.0. The Morgan fingerprint density at radius 2 is 1.95 bits per heavy atom. The maximum Gasteiger partial charge on any atom is 0.315 e. The molecular formula is C14H16F3N3O2. The minimum absolute atomic E-state index is 0.104. The number of carbonyl (C=O) groups excluding carboxylic acids is 2. The molecule has 1 heterocycles. The summed E-state index contributed by atoms with van der Waals surface area (Å²) < 4.78 is 38.8. The van der Waals surface area contributed by atoms with Gasteiger partial charge in [0.1, 0.15) is 6.04 Å². The van der Waals surface area contributed by atoms with Crippen molar-refractivity contribution in [3.8, 4) is 0 Å². The van der Waals surface area contributed by atoms with Crippen LogP contribution in [0.1, 0.15) is 12.0 Å². The molecule has 0 spiro atoms. The highest BCUT2D eigenvalue weighted by atomic mass is 19.2. The van der Waals surface area contributed by atoms with Crippen molar-refractivity contribution >= 4 is 11.9 Å². The Morgan fingerprint density at radius 1 is 1.32 bits per heavy atom. The Hall–Kier alpha value is -2.25. The first-order chi connectivity index (χ1) is 10.4. The second kappa shape index (κ2) is 6.67. The van der Waals surface area contributed by atoms with E-state index >= 15 is 0 Å². The summed E-state index contributed by atoms with van der Waals surface area (Å²) in [4.78, 5) is 24.8. The number of carbonyl (C=O) groups is 2. The standard InChI is InChI=1S/C14H16F3N3O2/c1-20-5-3-11(13(20)21)19-14(22)18-4-2-8-6-9(15)12(17)10(16)7-8/h6-7,11H,2-5H2,1H3,(H2,18,19,22). The lowest BCUT2D eigenvalue weighted by molar-refractivity contribution is -0.128. The minimum Gasteiger partial charge on any atom is -0.344 e. The monoisotopic (exact) mass is 315 g/mol. The highest BCUT2D eigenvalue weighted by Crippen LogP contribution is 2.13. The summed E-state index contributed by atoms with van der Waals surface area (Å²) in [5, 5.41) is 5.02. The zero-order valence-electron chi connectivity index (χ0n) is 12.0. The molecule has 1 aromatic rings. The normalized spacial score (nSPS) is 17.7. The average Bonchev–Trinajstić information content (AvgIpc) is 2.76. The molecular weight excluding hydrogens is 299 g/mol. The molecule has 2 rings (SSSR count). The van der Waals surface area contributed by atoms with Crippen LogP contribution in [0.25, 0.3) is 0 Å². The second-order valence-corrected chi connectivity index (χ2v) is 5.12. The first-order valence-corrected chi connectivity index (χ1v) is 6.81. The van der Waals surface area contributed by atoms with Crippen LogP contribution in [0.5, 0.6) is 0 Å². The van der Waals surface area contributed by atoms with Gasteiger partial charge in [0.2, 0.25) is 5.91 Å². The maximum absolute atomic E-state index is 13.0. The van der Waals surface area contributed by atoms with E-state index < -0.39 is 29.5 Å². The number of hydrogen-bond acceptors (Lipinski definition) is 2. The average molecular weight is 315 g/mol. The molecule has 0 aromatic heterocycles. The number of amides is 3. The molecule has 5 nitrogen and oxygen atoms in total. The lowest BCUT2D eigenvalue weighted by atomic mass is 10.1. The van der Waals surface area contributed by atoms with Gasteiger partial charge in [-0.2, -0.15) is 0 Å². The van der Waals surface area contributed by atoms with Gasteiger partial charge in [-0.05, 0) is 30.5 Å². The number of halogens is 3. The Morgan fingerprint density at radius 3 is 2.50 bits per heavy atom. The van der Waals surface area contributed by atoms with Gasteiger partial charge in [0.25, 0.3) is 0 Å². The number of urea groups is 1. The van der Waals surface area contributed by atoms with Crippen molar-refractivity contribution in [1.29, 1.82) is 0 Å². The molecule has 22 heavy (non-hydrogen) atoms. The van der Waals surface area contributed by atoms with E-state index in [1.54, 1.807) is 7.05 Å². The Kier molecular flexibility index (Phi) is 4.89. The SMILES string of the molecule is CN1CCC(NC(=O)NCCc2cc(F)c(F)c(F)c2)C1=O. The van der Waals surface area contributed by atoms with Gasteiger partial charge in [-0.1, -0.05) is 0 Å². The van der Waals surface area contributed by atoms with Crippen LogP contribution in [0, 0.1) is 17.5 Å². The van der Waals surface area contributed by atoms with Gasteiger partial charge in [0, 0.05) is 20.1 Å². The third-order valence-electron chi connectivity index (χ3n) is 3.48. The van der Waals surface area contributed by atoms with Crippen LogP contribution in [0.2, 0.25) is 0 Å². The topological polar surface area (TPSA) is 61.4 Å². The predicted molar refractivity (Wildman–Crippen MR) is 72.6 cm³/mol. The molecule has 8 heteroatoms. The van der Waals surface area contributed by atoms with Crippen LogP contribution >= 0.6 is 0 Å². The van der Waals surface area contributed by atoms with E-state index in [4.69, 9.17) is 0 Å². The zero-order valence-corrected chi connectivity index (χ0v) is 12.0. The molecule has 0 radical (unpaired) electrons. The highest BCUT2D eigenvalue weighted by molar-refractivity contribution is 5.88. The molecule has 1 fully saturated rings. The van der Waals surface area contributed by atoms with Crippen molar-refractivity contribution in [2.75, 3.05) is 20.1 Å². The van der Waals surface area contributed by atoms with E-state index in [9.17, 15) is 22.8 Å². The van der Waals surface area contributed by atoms with Crippen LogP contribution in [0.3, 0.4) is 0 Å². The van der Waals surface area contributed by atoms with E-state index in [2.05, 4.69) is 10.6 Å². The zero-order chi connectivity index (χ0) is 16.3. The largest absolute Gasteiger partial charge is 0.344 e. The van der Waals surface area contributed by atoms with Crippen LogP contribution in [0.4, 0.5) is 18.0 Å². The molecule has 3 amide bonds. The van der Waals surface area contributed by atoms with Crippen molar-refractivity contribution < 1.29 is 22.8 Å². The summed E-state index contributed by atoms with van der Waals surface area (Å²) in [6, 6.07) is 0.684. The summed E-state index contributed by atoms with van der Waals surface area (Å²) in [6.45, 7) is 0.686. The van der Waals surface area contributed by atoms with E-state index in [0.29, 0.717) is 13.0 Å². The quantitative estimate of drug-likeness (QED) is 0.820. The summed E-state index contributed by atoms with van der Waals surface area (Å²) in [5.41, 5.74) is 0.230. The molecule has 0 saturated carbocycles. The van der Waals surface area contributed by atoms with E-state index in [1.165, 1.54) is 4.90 Å². The third kappa shape index (κ3) is 3.69. The molecule has 1 aliphatic heterocycles. The molecule has 2 N–H and O–H groups in total. The molecule has 1 saturated heterocycles. The van der Waals surface area contributed by atoms with Gasteiger partial charge in [0.05, 0.1) is 0 Å². The van der Waals surface area contributed by atoms with Crippen LogP contribution in [-0.4, -0.2) is 43.0 Å².